The van der Waals surface area contributed by atoms with Crippen molar-refractivity contribution in [1.82, 2.24) is 0 Å². The third-order valence-electron chi connectivity index (χ3n) is 4.65. The molecule has 0 saturated carbocycles. The molecule has 134 valence electrons. The number of carbonyl (C=O) groups is 1. The zero-order valence-corrected chi connectivity index (χ0v) is 17.1. The number of rotatable bonds is 5. The van der Waals surface area contributed by atoms with Crippen molar-refractivity contribution in [2.75, 3.05) is 6.16 Å². The molecule has 2 rings (SSSR count). The molecule has 0 bridgehead atoms. The predicted octanol–water partition coefficient (Wildman–Crippen LogP) is 5.84. The van der Waals surface area contributed by atoms with Gasteiger partial charge in [0.15, 0.2) is 7.14 Å². The zero-order valence-electron chi connectivity index (χ0n) is 16.2. The second-order valence-corrected chi connectivity index (χ2v) is 10.7. The van der Waals surface area contributed by atoms with E-state index < -0.39 is 7.14 Å². The van der Waals surface area contributed by atoms with Gasteiger partial charge in [0.1, 0.15) is 0 Å². The lowest BCUT2D eigenvalue weighted by Crippen LogP contribution is -2.19. The molecule has 1 atom stereocenters. The minimum atomic E-state index is -3.13. The molecule has 0 N–H and O–H groups in total. The molecule has 2 nitrogen and oxygen atoms in total. The molecule has 0 aliphatic rings. The molecule has 0 fully saturated rings. The molecule has 0 aliphatic heterocycles. The summed E-state index contributed by atoms with van der Waals surface area (Å²) in [5.74, 6) is 0. The molecule has 2 aromatic carbocycles. The summed E-state index contributed by atoms with van der Waals surface area (Å²) >= 11 is 0. The van der Waals surface area contributed by atoms with Gasteiger partial charge in [-0.2, -0.15) is 0 Å². The Morgan fingerprint density at radius 3 is 1.96 bits per heavy atom. The molecular weight excluding hydrogens is 327 g/mol. The van der Waals surface area contributed by atoms with Crippen LogP contribution in [0.5, 0.6) is 0 Å². The number of hydrogen-bond acceptors (Lipinski definition) is 2. The number of hydrogen-bond donors (Lipinski definition) is 0. The summed E-state index contributed by atoms with van der Waals surface area (Å²) in [4.78, 5) is 13.4. The molecule has 0 heterocycles. The third-order valence-corrected chi connectivity index (χ3v) is 7.74. The van der Waals surface area contributed by atoms with Crippen LogP contribution in [0.1, 0.15) is 61.2 Å². The van der Waals surface area contributed by atoms with Crippen LogP contribution < -0.4 is 5.30 Å². The summed E-state index contributed by atoms with van der Waals surface area (Å²) in [5, 5.41) is 0.667. The molecule has 0 saturated heterocycles. The Balaban J connectivity index is 2.60. The summed E-state index contributed by atoms with van der Waals surface area (Å²) in [5.41, 5.74) is 3.49. The van der Waals surface area contributed by atoms with E-state index in [0.717, 1.165) is 17.5 Å². The van der Waals surface area contributed by atoms with Crippen molar-refractivity contribution in [2.45, 2.75) is 53.4 Å². The van der Waals surface area contributed by atoms with Gasteiger partial charge >= 0.3 is 0 Å². The van der Waals surface area contributed by atoms with Gasteiger partial charge < -0.3 is 4.57 Å². The molecule has 0 amide bonds. The minimum absolute atomic E-state index is 0.0175. The van der Waals surface area contributed by atoms with Crippen molar-refractivity contribution in [3.05, 3.63) is 64.7 Å². The molecule has 0 aromatic heterocycles. The smallest absolute Gasteiger partial charge is 0.226 e. The van der Waals surface area contributed by atoms with Gasteiger partial charge in [0.2, 0.25) is 5.52 Å². The highest BCUT2D eigenvalue weighted by Gasteiger charge is 2.35. The first-order chi connectivity index (χ1) is 11.6. The second-order valence-electron chi connectivity index (χ2n) is 7.84. The van der Waals surface area contributed by atoms with Gasteiger partial charge in [-0.25, -0.2) is 0 Å². The average Bonchev–Trinajstić information content (AvgIpc) is 2.54. The molecule has 25 heavy (non-hydrogen) atoms. The largest absolute Gasteiger partial charge is 0.310 e. The molecule has 3 heteroatoms. The Morgan fingerprint density at radius 1 is 1.00 bits per heavy atom. The normalized spacial score (nSPS) is 14.2. The zero-order chi connectivity index (χ0) is 18.8. The Morgan fingerprint density at radius 2 is 1.52 bits per heavy atom. The van der Waals surface area contributed by atoms with E-state index in [1.54, 1.807) is 0 Å². The van der Waals surface area contributed by atoms with E-state index in [1.165, 1.54) is 5.56 Å². The Hall–Kier alpha value is -1.66. The van der Waals surface area contributed by atoms with E-state index >= 15 is 0 Å². The summed E-state index contributed by atoms with van der Waals surface area (Å²) in [6, 6.07) is 13.4. The summed E-state index contributed by atoms with van der Waals surface area (Å²) in [6.45, 7) is 12.4. The summed E-state index contributed by atoms with van der Waals surface area (Å²) < 4.78 is 13.8. The van der Waals surface area contributed by atoms with Crippen LogP contribution in [0.3, 0.4) is 0 Å². The van der Waals surface area contributed by atoms with Crippen LogP contribution in [0.2, 0.25) is 0 Å². The quantitative estimate of drug-likeness (QED) is 0.631. The fraction of sp³-hybridized carbons (Fsp3) is 0.409. The molecule has 0 spiro atoms. The van der Waals surface area contributed by atoms with Crippen molar-refractivity contribution in [2.24, 2.45) is 0 Å². The number of benzene rings is 2. The maximum absolute atomic E-state index is 13.8. The van der Waals surface area contributed by atoms with Crippen LogP contribution in [0, 0.1) is 13.8 Å². The molecular formula is C22H29O2P. The van der Waals surface area contributed by atoms with E-state index in [4.69, 9.17) is 0 Å². The van der Waals surface area contributed by atoms with Crippen LogP contribution in [0.4, 0.5) is 0 Å². The average molecular weight is 356 g/mol. The lowest BCUT2D eigenvalue weighted by Gasteiger charge is -2.24. The fourth-order valence-electron chi connectivity index (χ4n) is 3.25. The van der Waals surface area contributed by atoms with E-state index in [-0.39, 0.29) is 10.9 Å². The van der Waals surface area contributed by atoms with Gasteiger partial charge in [0.05, 0.1) is 0 Å². The van der Waals surface area contributed by atoms with Gasteiger partial charge in [-0.05, 0) is 42.4 Å². The summed E-state index contributed by atoms with van der Waals surface area (Å²) in [6.07, 6.45) is 1.13. The van der Waals surface area contributed by atoms with Gasteiger partial charge in [0.25, 0.3) is 0 Å². The highest BCUT2D eigenvalue weighted by Crippen LogP contribution is 2.49. The van der Waals surface area contributed by atoms with Crippen LogP contribution >= 0.6 is 7.14 Å². The summed E-state index contributed by atoms with van der Waals surface area (Å²) in [7, 11) is -3.13. The molecule has 1 unspecified atom stereocenters. The molecule has 0 aliphatic carbocycles. The van der Waals surface area contributed by atoms with Crippen molar-refractivity contribution in [3.8, 4) is 0 Å². The van der Waals surface area contributed by atoms with Gasteiger partial charge in [0, 0.05) is 17.0 Å². The van der Waals surface area contributed by atoms with E-state index in [0.29, 0.717) is 17.0 Å². The SMILES string of the molecule is CCCP(=O)(C(=O)c1c(C)cc(C(C)(C)C)cc1C)c1ccccc1. The van der Waals surface area contributed by atoms with Crippen LogP contribution in [-0.4, -0.2) is 11.7 Å². The van der Waals surface area contributed by atoms with E-state index in [1.807, 2.05) is 51.1 Å². The second kappa shape index (κ2) is 7.30. The van der Waals surface area contributed by atoms with Gasteiger partial charge in [-0.15, -0.1) is 0 Å². The third kappa shape index (κ3) is 3.96. The number of carbonyl (C=O) groups excluding carboxylic acids is 1. The van der Waals surface area contributed by atoms with Crippen LogP contribution in [0.15, 0.2) is 42.5 Å². The van der Waals surface area contributed by atoms with Crippen molar-refractivity contribution >= 4 is 18.0 Å². The Bertz CT molecular complexity index is 791. The van der Waals surface area contributed by atoms with E-state index in [9.17, 15) is 9.36 Å². The predicted molar refractivity (Wildman–Crippen MR) is 108 cm³/mol. The van der Waals surface area contributed by atoms with Gasteiger partial charge in [-0.3, -0.25) is 4.79 Å². The lowest BCUT2D eigenvalue weighted by molar-refractivity contribution is 0.107. The Labute approximate surface area is 152 Å². The topological polar surface area (TPSA) is 34.1 Å². The first kappa shape index (κ1) is 19.7. The van der Waals surface area contributed by atoms with Crippen molar-refractivity contribution in [1.29, 1.82) is 0 Å². The maximum Gasteiger partial charge on any atom is 0.226 e. The first-order valence-electron chi connectivity index (χ1n) is 8.92. The maximum atomic E-state index is 13.8. The lowest BCUT2D eigenvalue weighted by atomic mass is 9.84. The first-order valence-corrected chi connectivity index (χ1v) is 10.8. The fourth-order valence-corrected chi connectivity index (χ4v) is 5.94. The Kier molecular flexibility index (Phi) is 5.74. The van der Waals surface area contributed by atoms with E-state index in [2.05, 4.69) is 32.9 Å². The van der Waals surface area contributed by atoms with Crippen LogP contribution in [0.25, 0.3) is 0 Å². The molecule has 0 radical (unpaired) electrons. The van der Waals surface area contributed by atoms with Gasteiger partial charge in [-0.1, -0.05) is 70.2 Å². The van der Waals surface area contributed by atoms with Crippen LogP contribution in [-0.2, 0) is 9.98 Å². The highest BCUT2D eigenvalue weighted by atomic mass is 31.2. The standard InChI is InChI=1S/C22H29O2P/c1-7-13-25(24,19-11-9-8-10-12-19)21(23)20-16(2)14-18(15-17(20)3)22(4,5)6/h8-12,14-15H,7,13H2,1-6H3. The monoisotopic (exact) mass is 356 g/mol. The highest BCUT2D eigenvalue weighted by molar-refractivity contribution is 7.87. The molecule has 2 aromatic rings. The van der Waals surface area contributed by atoms with Crippen molar-refractivity contribution in [3.63, 3.8) is 0 Å². The van der Waals surface area contributed by atoms with Crippen molar-refractivity contribution < 1.29 is 9.36 Å². The minimum Gasteiger partial charge on any atom is -0.310 e. The number of aryl methyl sites for hydroxylation is 2.